The Hall–Kier alpha value is -2.31. The number of carbonyl (C=O) groups excluding carboxylic acids is 1. The molecule has 1 saturated heterocycles. The minimum absolute atomic E-state index is 0.249. The summed E-state index contributed by atoms with van der Waals surface area (Å²) in [4.78, 5) is 18.5. The van der Waals surface area contributed by atoms with Gasteiger partial charge in [-0.15, -0.1) is 0 Å². The topological polar surface area (TPSA) is 66.5 Å². The molecule has 2 heterocycles. The van der Waals surface area contributed by atoms with Crippen molar-refractivity contribution >= 4 is 29.0 Å². The van der Waals surface area contributed by atoms with Crippen molar-refractivity contribution in [3.63, 3.8) is 0 Å². The molecule has 1 aliphatic rings. The quantitative estimate of drug-likeness (QED) is 0.860. The largest absolute Gasteiger partial charge is 0.378 e. The third-order valence-corrected chi connectivity index (χ3v) is 4.22. The van der Waals surface area contributed by atoms with Gasteiger partial charge in [-0.05, 0) is 36.2 Å². The Morgan fingerprint density at radius 3 is 2.88 bits per heavy atom. The molecule has 0 saturated carbocycles. The number of nitrogens with one attached hydrogen (secondary N) is 2. The van der Waals surface area contributed by atoms with Crippen LogP contribution in [0.3, 0.4) is 0 Å². The van der Waals surface area contributed by atoms with Crippen molar-refractivity contribution in [3.05, 3.63) is 53.3 Å². The number of hydrogen-bond donors (Lipinski definition) is 2. The van der Waals surface area contributed by atoms with Gasteiger partial charge in [0.05, 0.1) is 24.6 Å². The smallest absolute Gasteiger partial charge is 0.319 e. The zero-order valence-corrected chi connectivity index (χ0v) is 14.6. The van der Waals surface area contributed by atoms with Gasteiger partial charge >= 0.3 is 6.03 Å². The predicted octanol–water partition coefficient (Wildman–Crippen LogP) is 2.94. The molecule has 0 aliphatic carbocycles. The van der Waals surface area contributed by atoms with E-state index in [2.05, 4.69) is 20.5 Å². The Balaban J connectivity index is 1.59. The van der Waals surface area contributed by atoms with Crippen molar-refractivity contribution in [1.29, 1.82) is 0 Å². The lowest BCUT2D eigenvalue weighted by atomic mass is 10.2. The second-order valence-electron chi connectivity index (χ2n) is 5.75. The van der Waals surface area contributed by atoms with Crippen molar-refractivity contribution in [1.82, 2.24) is 10.3 Å². The van der Waals surface area contributed by atoms with Gasteiger partial charge in [0.15, 0.2) is 0 Å². The van der Waals surface area contributed by atoms with Crippen LogP contribution in [0.25, 0.3) is 0 Å². The van der Waals surface area contributed by atoms with Crippen LogP contribution in [0.4, 0.5) is 16.2 Å². The number of aromatic nitrogens is 1. The molecule has 0 spiro atoms. The highest BCUT2D eigenvalue weighted by Gasteiger charge is 2.16. The Labute approximate surface area is 152 Å². The Bertz CT molecular complexity index is 705. The molecule has 1 fully saturated rings. The molecule has 1 aliphatic heterocycles. The second-order valence-corrected chi connectivity index (χ2v) is 6.19. The number of nitrogens with zero attached hydrogens (tertiary/aromatic N) is 2. The fourth-order valence-electron chi connectivity index (χ4n) is 2.72. The van der Waals surface area contributed by atoms with E-state index in [4.69, 9.17) is 16.3 Å². The van der Waals surface area contributed by atoms with E-state index in [1.54, 1.807) is 18.5 Å². The molecule has 0 radical (unpaired) electrons. The number of morpholine rings is 1. The van der Waals surface area contributed by atoms with Crippen molar-refractivity contribution in [2.75, 3.05) is 43.1 Å². The summed E-state index contributed by atoms with van der Waals surface area (Å²) in [6, 6.07) is 9.15. The number of ether oxygens (including phenoxy) is 1. The minimum Gasteiger partial charge on any atom is -0.378 e. The fourth-order valence-corrected chi connectivity index (χ4v) is 2.89. The summed E-state index contributed by atoms with van der Waals surface area (Å²) >= 11 is 6.10. The maximum atomic E-state index is 12.2. The first-order valence-electron chi connectivity index (χ1n) is 8.28. The molecule has 1 aromatic carbocycles. The number of rotatable bonds is 5. The van der Waals surface area contributed by atoms with Gasteiger partial charge in [-0.2, -0.15) is 0 Å². The van der Waals surface area contributed by atoms with Crippen molar-refractivity contribution in [3.8, 4) is 0 Å². The number of urea groups is 1. The third-order valence-electron chi connectivity index (χ3n) is 3.98. The van der Waals surface area contributed by atoms with Crippen molar-refractivity contribution < 1.29 is 9.53 Å². The molecule has 1 aromatic heterocycles. The molecule has 0 bridgehead atoms. The van der Waals surface area contributed by atoms with Crippen LogP contribution in [0.2, 0.25) is 5.02 Å². The standard InChI is InChI=1S/C18H21ClN4O2/c19-15-3-4-17(23-8-10-25-11-9-23)16(12-15)22-18(24)21-7-5-14-2-1-6-20-13-14/h1-4,6,12-13H,5,7-11H2,(H2,21,22,24). The summed E-state index contributed by atoms with van der Waals surface area (Å²) in [7, 11) is 0. The number of amides is 2. The van der Waals surface area contributed by atoms with E-state index in [1.807, 2.05) is 24.3 Å². The average Bonchev–Trinajstić information content (AvgIpc) is 2.63. The molecule has 2 amide bonds. The molecule has 0 unspecified atom stereocenters. The normalized spacial score (nSPS) is 14.2. The molecule has 132 valence electrons. The lowest BCUT2D eigenvalue weighted by molar-refractivity contribution is 0.123. The van der Waals surface area contributed by atoms with Crippen LogP contribution in [0, 0.1) is 0 Å². The van der Waals surface area contributed by atoms with E-state index in [0.717, 1.165) is 30.8 Å². The zero-order valence-electron chi connectivity index (χ0n) is 13.9. The summed E-state index contributed by atoms with van der Waals surface area (Å²) in [5.74, 6) is 0. The van der Waals surface area contributed by atoms with Crippen LogP contribution in [-0.2, 0) is 11.2 Å². The van der Waals surface area contributed by atoms with Crippen LogP contribution >= 0.6 is 11.6 Å². The molecule has 3 rings (SSSR count). The molecule has 7 heteroatoms. The van der Waals surface area contributed by atoms with Gasteiger partial charge in [0.25, 0.3) is 0 Å². The van der Waals surface area contributed by atoms with Crippen molar-refractivity contribution in [2.24, 2.45) is 0 Å². The second kappa shape index (κ2) is 8.69. The molecule has 2 aromatic rings. The van der Waals surface area contributed by atoms with Crippen LogP contribution < -0.4 is 15.5 Å². The zero-order chi connectivity index (χ0) is 17.5. The molecular formula is C18H21ClN4O2. The molecule has 25 heavy (non-hydrogen) atoms. The van der Waals surface area contributed by atoms with E-state index >= 15 is 0 Å². The number of benzene rings is 1. The van der Waals surface area contributed by atoms with E-state index in [0.29, 0.717) is 30.5 Å². The Morgan fingerprint density at radius 2 is 2.12 bits per heavy atom. The first kappa shape index (κ1) is 17.5. The molecular weight excluding hydrogens is 340 g/mol. The summed E-state index contributed by atoms with van der Waals surface area (Å²) in [6.45, 7) is 3.47. The van der Waals surface area contributed by atoms with Gasteiger partial charge in [0, 0.05) is 37.1 Å². The number of carbonyl (C=O) groups is 1. The van der Waals surface area contributed by atoms with E-state index in [-0.39, 0.29) is 6.03 Å². The molecule has 0 atom stereocenters. The summed E-state index contributed by atoms with van der Waals surface area (Å²) in [6.07, 6.45) is 4.26. The van der Waals surface area contributed by atoms with Crippen LogP contribution in [0.15, 0.2) is 42.7 Å². The maximum Gasteiger partial charge on any atom is 0.319 e. The van der Waals surface area contributed by atoms with Gasteiger partial charge in [-0.3, -0.25) is 4.98 Å². The summed E-state index contributed by atoms with van der Waals surface area (Å²) < 4.78 is 5.39. The first-order chi connectivity index (χ1) is 12.2. The predicted molar refractivity (Wildman–Crippen MR) is 99.4 cm³/mol. The molecule has 2 N–H and O–H groups in total. The fraction of sp³-hybridized carbons (Fsp3) is 0.333. The lowest BCUT2D eigenvalue weighted by Crippen LogP contribution is -2.37. The van der Waals surface area contributed by atoms with Gasteiger partial charge in [-0.1, -0.05) is 17.7 Å². The Kier molecular flexibility index (Phi) is 6.09. The van der Waals surface area contributed by atoms with Crippen LogP contribution in [-0.4, -0.2) is 43.9 Å². The van der Waals surface area contributed by atoms with E-state index < -0.39 is 0 Å². The number of hydrogen-bond acceptors (Lipinski definition) is 4. The van der Waals surface area contributed by atoms with Crippen molar-refractivity contribution in [2.45, 2.75) is 6.42 Å². The number of halogens is 1. The lowest BCUT2D eigenvalue weighted by Gasteiger charge is -2.30. The monoisotopic (exact) mass is 360 g/mol. The maximum absolute atomic E-state index is 12.2. The minimum atomic E-state index is -0.249. The number of anilines is 2. The highest BCUT2D eigenvalue weighted by Crippen LogP contribution is 2.29. The Morgan fingerprint density at radius 1 is 1.28 bits per heavy atom. The van der Waals surface area contributed by atoms with Gasteiger partial charge in [0.2, 0.25) is 0 Å². The van der Waals surface area contributed by atoms with Gasteiger partial charge in [0.1, 0.15) is 0 Å². The van der Waals surface area contributed by atoms with Gasteiger partial charge < -0.3 is 20.3 Å². The van der Waals surface area contributed by atoms with Crippen LogP contribution in [0.5, 0.6) is 0 Å². The van der Waals surface area contributed by atoms with Crippen LogP contribution in [0.1, 0.15) is 5.56 Å². The van der Waals surface area contributed by atoms with E-state index in [9.17, 15) is 4.79 Å². The highest BCUT2D eigenvalue weighted by molar-refractivity contribution is 6.31. The highest BCUT2D eigenvalue weighted by atomic mass is 35.5. The SMILES string of the molecule is O=C(NCCc1cccnc1)Nc1cc(Cl)ccc1N1CCOCC1. The summed E-state index contributed by atoms with van der Waals surface area (Å²) in [5, 5.41) is 6.35. The molecule has 6 nitrogen and oxygen atoms in total. The third kappa shape index (κ3) is 5.08. The summed E-state index contributed by atoms with van der Waals surface area (Å²) in [5.41, 5.74) is 2.74. The van der Waals surface area contributed by atoms with E-state index in [1.165, 1.54) is 0 Å². The number of pyridine rings is 1. The average molecular weight is 361 g/mol. The first-order valence-corrected chi connectivity index (χ1v) is 8.66. The van der Waals surface area contributed by atoms with Gasteiger partial charge in [-0.25, -0.2) is 4.79 Å².